The lowest BCUT2D eigenvalue weighted by Gasteiger charge is -2.37. The maximum atomic E-state index is 3.68. The monoisotopic (exact) mass is 324 g/mol. The first kappa shape index (κ1) is 15.0. The Balaban J connectivity index is 1.65. The standard InChI is InChI=1S/C16H25BrN2/c1-3-19(4-2)10-9-18-16-11-14(12-16)13-5-7-15(17)8-6-13/h5-8,14,16,18H,3-4,9-12H2,1-2H3. The van der Waals surface area contributed by atoms with E-state index in [4.69, 9.17) is 0 Å². The molecule has 2 nitrogen and oxygen atoms in total. The molecule has 0 aromatic heterocycles. The van der Waals surface area contributed by atoms with Crippen molar-refractivity contribution in [3.05, 3.63) is 34.3 Å². The third-order valence-corrected chi connectivity index (χ3v) is 4.76. The molecule has 1 aliphatic carbocycles. The van der Waals surface area contributed by atoms with Gasteiger partial charge in [0, 0.05) is 23.6 Å². The van der Waals surface area contributed by atoms with Gasteiger partial charge in [0.2, 0.25) is 0 Å². The molecule has 1 N–H and O–H groups in total. The van der Waals surface area contributed by atoms with Gasteiger partial charge in [-0.3, -0.25) is 0 Å². The Morgan fingerprint density at radius 2 is 1.79 bits per heavy atom. The summed E-state index contributed by atoms with van der Waals surface area (Å²) in [7, 11) is 0. The van der Waals surface area contributed by atoms with Crippen LogP contribution in [0.3, 0.4) is 0 Å². The lowest BCUT2D eigenvalue weighted by atomic mass is 9.76. The van der Waals surface area contributed by atoms with Crippen molar-refractivity contribution >= 4 is 15.9 Å². The van der Waals surface area contributed by atoms with Crippen molar-refractivity contribution in [1.29, 1.82) is 0 Å². The molecule has 0 spiro atoms. The number of nitrogens with zero attached hydrogens (tertiary/aromatic N) is 1. The molecule has 1 aliphatic rings. The summed E-state index contributed by atoms with van der Waals surface area (Å²) in [6.07, 6.45) is 2.58. The van der Waals surface area contributed by atoms with Crippen LogP contribution in [-0.4, -0.2) is 37.1 Å². The van der Waals surface area contributed by atoms with Crippen molar-refractivity contribution in [2.75, 3.05) is 26.2 Å². The van der Waals surface area contributed by atoms with E-state index in [9.17, 15) is 0 Å². The van der Waals surface area contributed by atoms with Crippen LogP contribution in [0.5, 0.6) is 0 Å². The Morgan fingerprint density at radius 3 is 2.37 bits per heavy atom. The molecule has 0 radical (unpaired) electrons. The third kappa shape index (κ3) is 4.30. The summed E-state index contributed by atoms with van der Waals surface area (Å²) in [6.45, 7) is 9.08. The van der Waals surface area contributed by atoms with Crippen molar-refractivity contribution in [2.24, 2.45) is 0 Å². The predicted molar refractivity (Wildman–Crippen MR) is 85.7 cm³/mol. The number of halogens is 1. The second-order valence-electron chi connectivity index (χ2n) is 5.40. The highest BCUT2D eigenvalue weighted by Crippen LogP contribution is 2.37. The van der Waals surface area contributed by atoms with Gasteiger partial charge >= 0.3 is 0 Å². The first-order valence-electron chi connectivity index (χ1n) is 7.44. The molecule has 1 aromatic rings. The van der Waals surface area contributed by atoms with E-state index in [0.29, 0.717) is 0 Å². The fourth-order valence-electron chi connectivity index (χ4n) is 2.76. The van der Waals surface area contributed by atoms with Gasteiger partial charge in [0.1, 0.15) is 0 Å². The summed E-state index contributed by atoms with van der Waals surface area (Å²) in [6, 6.07) is 9.53. The molecular weight excluding hydrogens is 300 g/mol. The Bertz CT molecular complexity index is 367. The molecule has 1 saturated carbocycles. The van der Waals surface area contributed by atoms with Crippen LogP contribution in [0.2, 0.25) is 0 Å². The van der Waals surface area contributed by atoms with Crippen LogP contribution in [0.25, 0.3) is 0 Å². The smallest absolute Gasteiger partial charge is 0.0175 e. The average molecular weight is 325 g/mol. The fourth-order valence-corrected chi connectivity index (χ4v) is 3.02. The minimum atomic E-state index is 0.726. The van der Waals surface area contributed by atoms with E-state index in [2.05, 4.69) is 64.3 Å². The van der Waals surface area contributed by atoms with E-state index in [1.165, 1.54) is 29.4 Å². The summed E-state index contributed by atoms with van der Waals surface area (Å²) in [4.78, 5) is 2.47. The van der Waals surface area contributed by atoms with E-state index in [1.807, 2.05) is 0 Å². The van der Waals surface area contributed by atoms with Crippen molar-refractivity contribution in [1.82, 2.24) is 10.2 Å². The van der Waals surface area contributed by atoms with Crippen LogP contribution >= 0.6 is 15.9 Å². The van der Waals surface area contributed by atoms with E-state index in [0.717, 1.165) is 31.6 Å². The molecule has 3 heteroatoms. The van der Waals surface area contributed by atoms with Gasteiger partial charge in [-0.05, 0) is 49.5 Å². The summed E-state index contributed by atoms with van der Waals surface area (Å²) >= 11 is 3.49. The fraction of sp³-hybridized carbons (Fsp3) is 0.625. The molecule has 0 saturated heterocycles. The molecule has 0 aliphatic heterocycles. The Kier molecular flexibility index (Phi) is 5.86. The van der Waals surface area contributed by atoms with Gasteiger partial charge in [0.25, 0.3) is 0 Å². The highest BCUT2D eigenvalue weighted by Gasteiger charge is 2.29. The van der Waals surface area contributed by atoms with Gasteiger partial charge in [0.05, 0.1) is 0 Å². The van der Waals surface area contributed by atoms with Crippen LogP contribution in [0, 0.1) is 0 Å². The largest absolute Gasteiger partial charge is 0.313 e. The van der Waals surface area contributed by atoms with Gasteiger partial charge in [0.15, 0.2) is 0 Å². The number of benzene rings is 1. The molecule has 0 atom stereocenters. The van der Waals surface area contributed by atoms with Gasteiger partial charge in [-0.2, -0.15) is 0 Å². The van der Waals surface area contributed by atoms with Crippen LogP contribution in [0.1, 0.15) is 38.2 Å². The quantitative estimate of drug-likeness (QED) is 0.824. The van der Waals surface area contributed by atoms with Crippen molar-refractivity contribution < 1.29 is 0 Å². The first-order valence-corrected chi connectivity index (χ1v) is 8.23. The van der Waals surface area contributed by atoms with E-state index in [-0.39, 0.29) is 0 Å². The van der Waals surface area contributed by atoms with Crippen molar-refractivity contribution in [3.63, 3.8) is 0 Å². The molecule has 19 heavy (non-hydrogen) atoms. The number of hydrogen-bond donors (Lipinski definition) is 1. The highest BCUT2D eigenvalue weighted by molar-refractivity contribution is 9.10. The second kappa shape index (κ2) is 7.41. The first-order chi connectivity index (χ1) is 9.22. The minimum Gasteiger partial charge on any atom is -0.313 e. The van der Waals surface area contributed by atoms with Crippen molar-refractivity contribution in [2.45, 2.75) is 38.6 Å². The van der Waals surface area contributed by atoms with E-state index < -0.39 is 0 Å². The number of hydrogen-bond acceptors (Lipinski definition) is 2. The highest BCUT2D eigenvalue weighted by atomic mass is 79.9. The molecule has 106 valence electrons. The summed E-state index contributed by atoms with van der Waals surface area (Å²) in [5.74, 6) is 0.763. The zero-order chi connectivity index (χ0) is 13.7. The van der Waals surface area contributed by atoms with E-state index >= 15 is 0 Å². The van der Waals surface area contributed by atoms with Gasteiger partial charge in [-0.25, -0.2) is 0 Å². The van der Waals surface area contributed by atoms with Crippen LogP contribution in [0.4, 0.5) is 0 Å². The third-order valence-electron chi connectivity index (χ3n) is 4.23. The Labute approximate surface area is 125 Å². The Morgan fingerprint density at radius 1 is 1.16 bits per heavy atom. The summed E-state index contributed by atoms with van der Waals surface area (Å²) in [5, 5.41) is 3.68. The summed E-state index contributed by atoms with van der Waals surface area (Å²) < 4.78 is 1.17. The zero-order valence-electron chi connectivity index (χ0n) is 12.0. The molecule has 0 bridgehead atoms. The maximum absolute atomic E-state index is 3.68. The van der Waals surface area contributed by atoms with Gasteiger partial charge < -0.3 is 10.2 Å². The van der Waals surface area contributed by atoms with Gasteiger partial charge in [-0.1, -0.05) is 41.9 Å². The molecule has 0 amide bonds. The molecule has 0 heterocycles. The lowest BCUT2D eigenvalue weighted by Crippen LogP contribution is -2.43. The van der Waals surface area contributed by atoms with Gasteiger partial charge in [-0.15, -0.1) is 0 Å². The molecule has 1 aromatic carbocycles. The number of rotatable bonds is 7. The predicted octanol–water partition coefficient (Wildman–Crippen LogP) is 3.63. The Hall–Kier alpha value is -0.380. The molecule has 2 rings (SSSR count). The second-order valence-corrected chi connectivity index (χ2v) is 6.31. The lowest BCUT2D eigenvalue weighted by molar-refractivity contribution is 0.256. The number of nitrogens with one attached hydrogen (secondary N) is 1. The number of likely N-dealkylation sites (N-methyl/N-ethyl adjacent to an activating group) is 1. The van der Waals surface area contributed by atoms with Crippen molar-refractivity contribution in [3.8, 4) is 0 Å². The maximum Gasteiger partial charge on any atom is 0.0175 e. The van der Waals surface area contributed by atoms with Crippen LogP contribution in [-0.2, 0) is 0 Å². The summed E-state index contributed by atoms with van der Waals surface area (Å²) in [5.41, 5.74) is 1.49. The minimum absolute atomic E-state index is 0.726. The van der Waals surface area contributed by atoms with Crippen LogP contribution < -0.4 is 5.32 Å². The zero-order valence-corrected chi connectivity index (χ0v) is 13.6. The topological polar surface area (TPSA) is 15.3 Å². The van der Waals surface area contributed by atoms with Crippen LogP contribution in [0.15, 0.2) is 28.7 Å². The molecule has 1 fully saturated rings. The average Bonchev–Trinajstić information content (AvgIpc) is 2.38. The van der Waals surface area contributed by atoms with E-state index in [1.54, 1.807) is 0 Å². The normalized spacial score (nSPS) is 22.5. The molecule has 0 unspecified atom stereocenters. The molecular formula is C16H25BrN2. The SMILES string of the molecule is CCN(CC)CCNC1CC(c2ccc(Br)cc2)C1.